The largest absolute Gasteiger partial charge is 0.497 e. The maximum Gasteiger partial charge on any atom is 0.274 e. The first-order valence-corrected chi connectivity index (χ1v) is 7.89. The molecule has 2 aromatic carbocycles. The van der Waals surface area contributed by atoms with Gasteiger partial charge in [0.15, 0.2) is 0 Å². The van der Waals surface area contributed by atoms with Crippen molar-refractivity contribution < 1.29 is 9.53 Å². The molecule has 25 heavy (non-hydrogen) atoms. The van der Waals surface area contributed by atoms with Crippen LogP contribution in [-0.4, -0.2) is 18.0 Å². The number of nitrogens with one attached hydrogen (secondary N) is 2. The number of amides is 1. The number of pyridine rings is 1. The van der Waals surface area contributed by atoms with Crippen molar-refractivity contribution >= 4 is 23.0 Å². The number of methoxy groups -OCH3 is 1. The van der Waals surface area contributed by atoms with Gasteiger partial charge in [0.1, 0.15) is 11.4 Å². The Morgan fingerprint density at radius 1 is 0.960 bits per heavy atom. The van der Waals surface area contributed by atoms with Crippen molar-refractivity contribution in [2.24, 2.45) is 0 Å². The monoisotopic (exact) mass is 333 g/mol. The van der Waals surface area contributed by atoms with Crippen molar-refractivity contribution in [2.45, 2.75) is 6.92 Å². The highest BCUT2D eigenvalue weighted by molar-refractivity contribution is 6.03. The van der Waals surface area contributed by atoms with Gasteiger partial charge in [0.25, 0.3) is 5.91 Å². The Labute approximate surface area is 146 Å². The van der Waals surface area contributed by atoms with E-state index in [2.05, 4.69) is 15.6 Å². The summed E-state index contributed by atoms with van der Waals surface area (Å²) in [6.07, 6.45) is 1.63. The molecule has 0 aliphatic heterocycles. The van der Waals surface area contributed by atoms with Crippen LogP contribution < -0.4 is 15.4 Å². The maximum atomic E-state index is 12.3. The zero-order valence-corrected chi connectivity index (χ0v) is 14.1. The summed E-state index contributed by atoms with van der Waals surface area (Å²) in [5.74, 6) is 0.563. The molecule has 5 heteroatoms. The van der Waals surface area contributed by atoms with E-state index in [0.717, 1.165) is 28.4 Å². The van der Waals surface area contributed by atoms with Gasteiger partial charge in [-0.05, 0) is 61.0 Å². The molecule has 3 rings (SSSR count). The van der Waals surface area contributed by atoms with Crippen LogP contribution in [0.3, 0.4) is 0 Å². The van der Waals surface area contributed by atoms with Crippen LogP contribution in [0.4, 0.5) is 17.1 Å². The molecule has 0 saturated carbocycles. The molecule has 0 unspecified atom stereocenters. The third-order valence-electron chi connectivity index (χ3n) is 3.65. The van der Waals surface area contributed by atoms with Crippen molar-refractivity contribution in [3.63, 3.8) is 0 Å². The van der Waals surface area contributed by atoms with Crippen LogP contribution in [0, 0.1) is 6.92 Å². The molecule has 0 atom stereocenters. The second-order valence-corrected chi connectivity index (χ2v) is 5.61. The molecule has 1 aromatic heterocycles. The van der Waals surface area contributed by atoms with Crippen LogP contribution in [0.5, 0.6) is 5.75 Å². The summed E-state index contributed by atoms with van der Waals surface area (Å²) >= 11 is 0. The lowest BCUT2D eigenvalue weighted by molar-refractivity contribution is 0.102. The van der Waals surface area contributed by atoms with Crippen LogP contribution in [0.2, 0.25) is 0 Å². The second kappa shape index (κ2) is 7.49. The minimum absolute atomic E-state index is 0.235. The van der Waals surface area contributed by atoms with Gasteiger partial charge in [0.05, 0.1) is 19.0 Å². The number of nitrogens with zero attached hydrogens (tertiary/aromatic N) is 1. The third-order valence-corrected chi connectivity index (χ3v) is 3.65. The molecule has 0 aliphatic carbocycles. The number of aryl methyl sites for hydroxylation is 1. The molecule has 1 heterocycles. The Balaban J connectivity index is 1.65. The van der Waals surface area contributed by atoms with Gasteiger partial charge in [-0.3, -0.25) is 4.79 Å². The van der Waals surface area contributed by atoms with Crippen molar-refractivity contribution in [3.05, 3.63) is 78.1 Å². The lowest BCUT2D eigenvalue weighted by atomic mass is 10.2. The molecule has 0 spiro atoms. The Bertz CT molecular complexity index is 859. The van der Waals surface area contributed by atoms with Gasteiger partial charge in [-0.1, -0.05) is 12.1 Å². The number of rotatable bonds is 5. The average molecular weight is 333 g/mol. The highest BCUT2D eigenvalue weighted by Gasteiger charge is 2.08. The molecule has 0 radical (unpaired) electrons. The minimum atomic E-state index is -0.235. The van der Waals surface area contributed by atoms with Crippen molar-refractivity contribution in [1.82, 2.24) is 4.98 Å². The van der Waals surface area contributed by atoms with Crippen LogP contribution in [0.25, 0.3) is 0 Å². The lowest BCUT2D eigenvalue weighted by Gasteiger charge is -2.08. The topological polar surface area (TPSA) is 63.2 Å². The summed E-state index contributed by atoms with van der Waals surface area (Å²) in [5, 5.41) is 6.07. The van der Waals surface area contributed by atoms with E-state index >= 15 is 0 Å². The first-order valence-electron chi connectivity index (χ1n) is 7.89. The average Bonchev–Trinajstić information content (AvgIpc) is 2.63. The van der Waals surface area contributed by atoms with E-state index in [-0.39, 0.29) is 5.91 Å². The van der Waals surface area contributed by atoms with E-state index in [9.17, 15) is 4.79 Å². The van der Waals surface area contributed by atoms with Crippen molar-refractivity contribution in [2.75, 3.05) is 17.7 Å². The van der Waals surface area contributed by atoms with Gasteiger partial charge < -0.3 is 15.4 Å². The number of anilines is 3. The molecule has 0 fully saturated rings. The predicted molar refractivity (Wildman–Crippen MR) is 99.6 cm³/mol. The summed E-state index contributed by atoms with van der Waals surface area (Å²) in [6.45, 7) is 1.98. The highest BCUT2D eigenvalue weighted by atomic mass is 16.5. The Hall–Kier alpha value is -3.34. The van der Waals surface area contributed by atoms with E-state index in [1.807, 2.05) is 61.5 Å². The number of hydrogen-bond donors (Lipinski definition) is 2. The lowest BCUT2D eigenvalue weighted by Crippen LogP contribution is -2.13. The van der Waals surface area contributed by atoms with Gasteiger partial charge in [0, 0.05) is 11.4 Å². The van der Waals surface area contributed by atoms with Crippen LogP contribution >= 0.6 is 0 Å². The molecule has 0 saturated heterocycles. The quantitative estimate of drug-likeness (QED) is 0.727. The van der Waals surface area contributed by atoms with E-state index in [4.69, 9.17) is 4.74 Å². The number of hydrogen-bond acceptors (Lipinski definition) is 4. The first-order chi connectivity index (χ1) is 12.1. The van der Waals surface area contributed by atoms with Crippen LogP contribution in [-0.2, 0) is 0 Å². The smallest absolute Gasteiger partial charge is 0.274 e. The molecule has 1 amide bonds. The van der Waals surface area contributed by atoms with Gasteiger partial charge in [-0.25, -0.2) is 4.98 Å². The van der Waals surface area contributed by atoms with Crippen LogP contribution in [0.15, 0.2) is 66.9 Å². The summed E-state index contributed by atoms with van der Waals surface area (Å²) in [6, 6.07) is 18.7. The number of benzene rings is 2. The van der Waals surface area contributed by atoms with Crippen molar-refractivity contribution in [3.8, 4) is 5.75 Å². The summed E-state index contributed by atoms with van der Waals surface area (Å²) in [7, 11) is 1.63. The Morgan fingerprint density at radius 3 is 2.36 bits per heavy atom. The maximum absolute atomic E-state index is 12.3. The predicted octanol–water partition coefficient (Wildman–Crippen LogP) is 4.39. The van der Waals surface area contributed by atoms with Gasteiger partial charge in [-0.15, -0.1) is 0 Å². The van der Waals surface area contributed by atoms with Gasteiger partial charge in [0.2, 0.25) is 0 Å². The number of carbonyl (C=O) groups excluding carboxylic acids is 1. The minimum Gasteiger partial charge on any atom is -0.497 e. The van der Waals surface area contributed by atoms with E-state index in [1.165, 1.54) is 0 Å². The summed E-state index contributed by atoms with van der Waals surface area (Å²) in [4.78, 5) is 16.5. The van der Waals surface area contributed by atoms with E-state index < -0.39 is 0 Å². The van der Waals surface area contributed by atoms with E-state index in [1.54, 1.807) is 19.4 Å². The molecule has 5 nitrogen and oxygen atoms in total. The first kappa shape index (κ1) is 16.5. The Kier molecular flexibility index (Phi) is 4.95. The van der Waals surface area contributed by atoms with Crippen molar-refractivity contribution in [1.29, 1.82) is 0 Å². The fraction of sp³-hybridized carbons (Fsp3) is 0.100. The molecule has 3 aromatic rings. The number of ether oxygens (including phenoxy) is 1. The molecule has 0 bridgehead atoms. The number of aromatic nitrogens is 1. The molecule has 126 valence electrons. The van der Waals surface area contributed by atoms with Gasteiger partial charge >= 0.3 is 0 Å². The molecular formula is C20H19N3O2. The SMILES string of the molecule is COc1ccc(Nc2ccc(C(=O)Nc3cccc(C)c3)nc2)cc1. The number of carbonyl (C=O) groups is 1. The Morgan fingerprint density at radius 2 is 1.72 bits per heavy atom. The normalized spacial score (nSPS) is 10.2. The fourth-order valence-electron chi connectivity index (χ4n) is 2.36. The fourth-order valence-corrected chi connectivity index (χ4v) is 2.36. The second-order valence-electron chi connectivity index (χ2n) is 5.61. The molecule has 0 aliphatic rings. The zero-order valence-electron chi connectivity index (χ0n) is 14.1. The standard InChI is InChI=1S/C20H19N3O2/c1-14-4-3-5-16(12-14)23-20(24)19-11-8-17(13-21-19)22-15-6-9-18(25-2)10-7-15/h3-13,22H,1-2H3,(H,23,24). The summed E-state index contributed by atoms with van der Waals surface area (Å²) in [5.41, 5.74) is 3.93. The highest BCUT2D eigenvalue weighted by Crippen LogP contribution is 2.19. The third kappa shape index (κ3) is 4.35. The van der Waals surface area contributed by atoms with E-state index in [0.29, 0.717) is 5.69 Å². The molecular weight excluding hydrogens is 314 g/mol. The molecule has 2 N–H and O–H groups in total. The summed E-state index contributed by atoms with van der Waals surface area (Å²) < 4.78 is 5.13. The zero-order chi connectivity index (χ0) is 17.6. The van der Waals surface area contributed by atoms with Crippen LogP contribution in [0.1, 0.15) is 16.1 Å². The van der Waals surface area contributed by atoms with Gasteiger partial charge in [-0.2, -0.15) is 0 Å².